The van der Waals surface area contributed by atoms with E-state index in [0.717, 1.165) is 5.69 Å². The van der Waals surface area contributed by atoms with Crippen LogP contribution in [0.25, 0.3) is 0 Å². The summed E-state index contributed by atoms with van der Waals surface area (Å²) in [6.07, 6.45) is 3.94. The number of nitrogens with two attached hydrogens (primary N) is 1. The molecular formula is C19H26N4O3. The molecule has 2 aromatic rings. The summed E-state index contributed by atoms with van der Waals surface area (Å²) in [7, 11) is 1.32. The number of benzene rings is 1. The van der Waals surface area contributed by atoms with Crippen molar-refractivity contribution in [2.75, 3.05) is 13.7 Å². The Balaban J connectivity index is 1.86. The number of carbonyl (C=O) groups is 2. The molecule has 0 radical (unpaired) electrons. The second kappa shape index (κ2) is 8.62. The molecule has 0 saturated heterocycles. The van der Waals surface area contributed by atoms with Gasteiger partial charge in [-0.2, -0.15) is 0 Å². The molecule has 1 heterocycles. The molecule has 0 bridgehead atoms. The zero-order chi connectivity index (χ0) is 19.2. The Morgan fingerprint density at radius 3 is 2.65 bits per heavy atom. The Kier molecular flexibility index (Phi) is 6.52. The fourth-order valence-electron chi connectivity index (χ4n) is 2.50. The van der Waals surface area contributed by atoms with E-state index in [0.29, 0.717) is 13.0 Å². The van der Waals surface area contributed by atoms with Crippen molar-refractivity contribution in [1.29, 1.82) is 0 Å². The number of hydrogen-bond acceptors (Lipinski definition) is 5. The Bertz CT molecular complexity index is 740. The molecule has 0 fully saturated rings. The Morgan fingerprint density at radius 2 is 2.00 bits per heavy atom. The summed E-state index contributed by atoms with van der Waals surface area (Å²) in [5, 5.41) is 2.71. The number of amides is 1. The number of hydrogen-bond donors (Lipinski definition) is 2. The summed E-state index contributed by atoms with van der Waals surface area (Å²) in [6.45, 7) is 4.28. The van der Waals surface area contributed by atoms with Crippen LogP contribution in [0.15, 0.2) is 42.9 Å². The van der Waals surface area contributed by atoms with Crippen molar-refractivity contribution in [3.05, 3.63) is 54.1 Å². The third-order valence-corrected chi connectivity index (χ3v) is 4.10. The van der Waals surface area contributed by atoms with Crippen molar-refractivity contribution in [1.82, 2.24) is 14.9 Å². The van der Waals surface area contributed by atoms with E-state index < -0.39 is 11.5 Å². The third-order valence-electron chi connectivity index (χ3n) is 4.10. The van der Waals surface area contributed by atoms with Crippen LogP contribution in [-0.4, -0.2) is 41.1 Å². The minimum atomic E-state index is -0.804. The quantitative estimate of drug-likeness (QED) is 0.689. The number of ether oxygens (including phenoxy) is 1. The standard InChI is InChI=1S/C19H26N4O3/c1-19(2,18(25)26-3)12-21-17(24)16(20)9-15-11-23(13-22-15)10-14-7-5-4-6-8-14/h4-8,11,13,16H,9-10,12,20H2,1-3H3,(H,21,24)/t16-/m0/s1. The summed E-state index contributed by atoms with van der Waals surface area (Å²) in [6, 6.07) is 9.31. The van der Waals surface area contributed by atoms with Crippen LogP contribution in [0.1, 0.15) is 25.1 Å². The molecule has 0 aliphatic carbocycles. The number of rotatable bonds is 8. The van der Waals surface area contributed by atoms with Gasteiger partial charge in [0.15, 0.2) is 0 Å². The Morgan fingerprint density at radius 1 is 1.31 bits per heavy atom. The van der Waals surface area contributed by atoms with Gasteiger partial charge in [0.05, 0.1) is 30.6 Å². The van der Waals surface area contributed by atoms with E-state index in [1.165, 1.54) is 12.7 Å². The monoisotopic (exact) mass is 358 g/mol. The first-order valence-corrected chi connectivity index (χ1v) is 8.48. The molecule has 0 unspecified atom stereocenters. The first-order valence-electron chi connectivity index (χ1n) is 8.48. The topological polar surface area (TPSA) is 99.2 Å². The fraction of sp³-hybridized carbons (Fsp3) is 0.421. The van der Waals surface area contributed by atoms with E-state index >= 15 is 0 Å². The summed E-state index contributed by atoms with van der Waals surface area (Å²) >= 11 is 0. The van der Waals surface area contributed by atoms with Gasteiger partial charge in [0.1, 0.15) is 0 Å². The van der Waals surface area contributed by atoms with Crippen LogP contribution < -0.4 is 11.1 Å². The van der Waals surface area contributed by atoms with Gasteiger partial charge in [-0.3, -0.25) is 9.59 Å². The predicted molar refractivity (Wildman–Crippen MR) is 98.3 cm³/mol. The molecule has 1 aromatic heterocycles. The highest BCUT2D eigenvalue weighted by atomic mass is 16.5. The van der Waals surface area contributed by atoms with Crippen LogP contribution in [0.3, 0.4) is 0 Å². The first-order chi connectivity index (χ1) is 12.3. The number of carbonyl (C=O) groups excluding carboxylic acids is 2. The van der Waals surface area contributed by atoms with Gasteiger partial charge in [-0.15, -0.1) is 0 Å². The summed E-state index contributed by atoms with van der Waals surface area (Å²) < 4.78 is 6.67. The molecule has 0 aliphatic rings. The van der Waals surface area contributed by atoms with Crippen LogP contribution in [0.2, 0.25) is 0 Å². The maximum atomic E-state index is 12.2. The van der Waals surface area contributed by atoms with Crippen LogP contribution in [0.5, 0.6) is 0 Å². The van der Waals surface area contributed by atoms with E-state index in [4.69, 9.17) is 10.5 Å². The van der Waals surface area contributed by atoms with Crippen LogP contribution in [-0.2, 0) is 27.3 Å². The highest BCUT2D eigenvalue weighted by Crippen LogP contribution is 2.15. The van der Waals surface area contributed by atoms with E-state index in [2.05, 4.69) is 10.3 Å². The number of esters is 1. The molecule has 1 aromatic carbocycles. The third kappa shape index (κ3) is 5.42. The molecule has 0 aliphatic heterocycles. The van der Waals surface area contributed by atoms with Crippen molar-refractivity contribution < 1.29 is 14.3 Å². The molecule has 7 heteroatoms. The zero-order valence-corrected chi connectivity index (χ0v) is 15.4. The molecule has 2 rings (SSSR count). The second-order valence-electron chi connectivity index (χ2n) is 6.93. The van der Waals surface area contributed by atoms with Crippen LogP contribution >= 0.6 is 0 Å². The van der Waals surface area contributed by atoms with E-state index in [1.807, 2.05) is 41.1 Å². The van der Waals surface area contributed by atoms with Gasteiger partial charge in [0.25, 0.3) is 0 Å². The highest BCUT2D eigenvalue weighted by Gasteiger charge is 2.30. The number of imidazole rings is 1. The summed E-state index contributed by atoms with van der Waals surface area (Å²) in [5.41, 5.74) is 7.08. The minimum Gasteiger partial charge on any atom is -0.469 e. The smallest absolute Gasteiger partial charge is 0.313 e. The summed E-state index contributed by atoms with van der Waals surface area (Å²) in [4.78, 5) is 28.1. The van der Waals surface area contributed by atoms with Crippen molar-refractivity contribution in [2.24, 2.45) is 11.1 Å². The number of methoxy groups -OCH3 is 1. The predicted octanol–water partition coefficient (Wildman–Crippen LogP) is 1.12. The van der Waals surface area contributed by atoms with Crippen molar-refractivity contribution in [3.63, 3.8) is 0 Å². The molecule has 1 amide bonds. The van der Waals surface area contributed by atoms with E-state index in [1.54, 1.807) is 20.2 Å². The van der Waals surface area contributed by atoms with E-state index in [-0.39, 0.29) is 18.4 Å². The maximum absolute atomic E-state index is 12.2. The molecule has 3 N–H and O–H groups in total. The lowest BCUT2D eigenvalue weighted by molar-refractivity contribution is -0.150. The molecule has 0 spiro atoms. The van der Waals surface area contributed by atoms with Crippen molar-refractivity contribution in [3.8, 4) is 0 Å². The van der Waals surface area contributed by atoms with Gasteiger partial charge < -0.3 is 20.4 Å². The average molecular weight is 358 g/mol. The molecule has 140 valence electrons. The van der Waals surface area contributed by atoms with Gasteiger partial charge in [-0.05, 0) is 19.4 Å². The van der Waals surface area contributed by atoms with Gasteiger partial charge >= 0.3 is 5.97 Å². The maximum Gasteiger partial charge on any atom is 0.313 e. The van der Waals surface area contributed by atoms with Gasteiger partial charge in [0.2, 0.25) is 5.91 Å². The minimum absolute atomic E-state index is 0.161. The number of nitrogens with one attached hydrogen (secondary N) is 1. The zero-order valence-electron chi connectivity index (χ0n) is 15.4. The largest absolute Gasteiger partial charge is 0.469 e. The molecule has 1 atom stereocenters. The van der Waals surface area contributed by atoms with Gasteiger partial charge in [0, 0.05) is 25.7 Å². The lowest BCUT2D eigenvalue weighted by Gasteiger charge is -2.22. The fourth-order valence-corrected chi connectivity index (χ4v) is 2.50. The highest BCUT2D eigenvalue weighted by molar-refractivity contribution is 5.83. The normalized spacial score (nSPS) is 12.5. The Hall–Kier alpha value is -2.67. The van der Waals surface area contributed by atoms with Crippen molar-refractivity contribution in [2.45, 2.75) is 32.9 Å². The average Bonchev–Trinajstić information content (AvgIpc) is 3.06. The van der Waals surface area contributed by atoms with Gasteiger partial charge in [-0.25, -0.2) is 4.98 Å². The second-order valence-corrected chi connectivity index (χ2v) is 6.93. The molecule has 0 saturated carbocycles. The lowest BCUT2D eigenvalue weighted by Crippen LogP contribution is -2.47. The summed E-state index contributed by atoms with van der Waals surface area (Å²) in [5.74, 6) is -0.703. The van der Waals surface area contributed by atoms with Crippen LogP contribution in [0.4, 0.5) is 0 Å². The lowest BCUT2D eigenvalue weighted by atomic mass is 9.93. The molecular weight excluding hydrogens is 332 g/mol. The van der Waals surface area contributed by atoms with Crippen LogP contribution in [0, 0.1) is 5.41 Å². The Labute approximate surface area is 153 Å². The first kappa shape index (κ1) is 19.7. The number of aromatic nitrogens is 2. The van der Waals surface area contributed by atoms with Crippen molar-refractivity contribution >= 4 is 11.9 Å². The SMILES string of the molecule is COC(=O)C(C)(C)CNC(=O)[C@@H](N)Cc1cn(Cc2ccccc2)cn1. The number of nitrogens with zero attached hydrogens (tertiary/aromatic N) is 2. The molecule has 26 heavy (non-hydrogen) atoms. The van der Waals surface area contributed by atoms with E-state index in [9.17, 15) is 9.59 Å². The molecule has 7 nitrogen and oxygen atoms in total. The van der Waals surface area contributed by atoms with Gasteiger partial charge in [-0.1, -0.05) is 30.3 Å².